The van der Waals surface area contributed by atoms with Crippen molar-refractivity contribution in [1.29, 1.82) is 0 Å². The zero-order valence-electron chi connectivity index (χ0n) is 19.8. The average Bonchev–Trinajstić information content (AvgIpc) is 3.52. The normalized spacial score (nSPS) is 26.7. The summed E-state index contributed by atoms with van der Waals surface area (Å²) in [5, 5.41) is 0.853. The van der Waals surface area contributed by atoms with Crippen LogP contribution in [0, 0.1) is 11.3 Å². The van der Waals surface area contributed by atoms with Gasteiger partial charge in [-0.1, -0.05) is 30.1 Å². The van der Waals surface area contributed by atoms with Crippen molar-refractivity contribution in [3.63, 3.8) is 0 Å². The molecular formula is C26H26Cl2N4O3. The van der Waals surface area contributed by atoms with E-state index < -0.39 is 16.7 Å². The van der Waals surface area contributed by atoms with Crippen molar-refractivity contribution in [2.75, 3.05) is 0 Å². The molecule has 0 bridgehead atoms. The Morgan fingerprint density at radius 1 is 1.09 bits per heavy atom. The van der Waals surface area contributed by atoms with Gasteiger partial charge in [0, 0.05) is 58.7 Å². The first-order valence-corrected chi connectivity index (χ1v) is 12.4. The number of hydrogen-bond acceptors (Lipinski definition) is 5. The quantitative estimate of drug-likeness (QED) is 0.471. The standard InChI is InChI=1S/C26H26Cl2N4O3/c1-15(23(34)31-8-6-29-13-31)21-19(27)10-18-17(22(21)28)4-5-20-25(18,2)11-16(33)12-26(20,3)24(35)32-9-7-30-14-32/h6-10,13-15,20H,4-5,11-12H2,1-3H3. The largest absolute Gasteiger partial charge is 0.300 e. The molecular weight excluding hydrogens is 487 g/mol. The molecule has 4 atom stereocenters. The lowest BCUT2D eigenvalue weighted by Crippen LogP contribution is -2.56. The number of Topliss-reactive ketones (excluding diaryl/α,β-unsaturated/α-hetero) is 1. The molecule has 2 aliphatic rings. The molecule has 1 aromatic carbocycles. The number of aromatic nitrogens is 4. The highest BCUT2D eigenvalue weighted by atomic mass is 35.5. The van der Waals surface area contributed by atoms with E-state index in [-0.39, 0.29) is 29.9 Å². The molecule has 2 aliphatic carbocycles. The SMILES string of the molecule is CC(C(=O)n1ccnc1)c1c(Cl)cc2c(c1Cl)CCC1C(C)(C(=O)n3ccnc3)CC(=O)CC21C. The number of fused-ring (bicyclic) bond motifs is 3. The number of benzene rings is 1. The van der Waals surface area contributed by atoms with Gasteiger partial charge in [-0.25, -0.2) is 9.97 Å². The lowest BCUT2D eigenvalue weighted by atomic mass is 9.49. The summed E-state index contributed by atoms with van der Waals surface area (Å²) in [5.41, 5.74) is 0.879. The summed E-state index contributed by atoms with van der Waals surface area (Å²) >= 11 is 13.7. The van der Waals surface area contributed by atoms with Gasteiger partial charge in [-0.15, -0.1) is 0 Å². The molecule has 2 heterocycles. The Bertz CT molecular complexity index is 1340. The minimum Gasteiger partial charge on any atom is -0.300 e. The van der Waals surface area contributed by atoms with E-state index in [4.69, 9.17) is 23.2 Å². The molecule has 9 heteroatoms. The predicted molar refractivity (Wildman–Crippen MR) is 132 cm³/mol. The molecule has 2 aromatic heterocycles. The van der Waals surface area contributed by atoms with Crippen molar-refractivity contribution < 1.29 is 14.4 Å². The Balaban J connectivity index is 1.60. The topological polar surface area (TPSA) is 86.8 Å². The highest BCUT2D eigenvalue weighted by Gasteiger charge is 2.58. The van der Waals surface area contributed by atoms with Crippen LogP contribution in [0.15, 0.2) is 43.5 Å². The van der Waals surface area contributed by atoms with E-state index in [1.54, 1.807) is 31.7 Å². The van der Waals surface area contributed by atoms with Crippen LogP contribution in [-0.2, 0) is 16.6 Å². The van der Waals surface area contributed by atoms with Crippen LogP contribution in [-0.4, -0.2) is 36.7 Å². The van der Waals surface area contributed by atoms with Gasteiger partial charge in [0.25, 0.3) is 0 Å². The second-order valence-corrected chi connectivity index (χ2v) is 11.0. The molecule has 5 rings (SSSR count). The third-order valence-electron chi connectivity index (χ3n) is 8.11. The van der Waals surface area contributed by atoms with Crippen molar-refractivity contribution in [2.45, 2.75) is 57.8 Å². The van der Waals surface area contributed by atoms with Crippen molar-refractivity contribution in [1.82, 2.24) is 19.1 Å². The molecule has 0 amide bonds. The minimum atomic E-state index is -0.884. The lowest BCUT2D eigenvalue weighted by Gasteiger charge is -2.54. The minimum absolute atomic E-state index is 0.0348. The summed E-state index contributed by atoms with van der Waals surface area (Å²) in [7, 11) is 0. The van der Waals surface area contributed by atoms with Crippen LogP contribution in [0.1, 0.15) is 72.2 Å². The zero-order chi connectivity index (χ0) is 25.1. The second-order valence-electron chi connectivity index (χ2n) is 10.2. The fourth-order valence-electron chi connectivity index (χ4n) is 6.50. The number of ketones is 1. The highest BCUT2D eigenvalue weighted by molar-refractivity contribution is 6.37. The van der Waals surface area contributed by atoms with E-state index in [0.717, 1.165) is 11.1 Å². The number of rotatable bonds is 3. The molecule has 182 valence electrons. The van der Waals surface area contributed by atoms with E-state index in [0.29, 0.717) is 34.9 Å². The summed E-state index contributed by atoms with van der Waals surface area (Å²) in [6.45, 7) is 5.71. The predicted octanol–water partition coefficient (Wildman–Crippen LogP) is 5.36. The van der Waals surface area contributed by atoms with Gasteiger partial charge in [-0.3, -0.25) is 23.5 Å². The Labute approximate surface area is 213 Å². The summed E-state index contributed by atoms with van der Waals surface area (Å²) < 4.78 is 2.89. The first-order valence-electron chi connectivity index (χ1n) is 11.7. The molecule has 0 spiro atoms. The van der Waals surface area contributed by atoms with E-state index in [9.17, 15) is 14.4 Å². The monoisotopic (exact) mass is 512 g/mol. The van der Waals surface area contributed by atoms with Crippen molar-refractivity contribution >= 4 is 40.8 Å². The Morgan fingerprint density at radius 3 is 2.37 bits per heavy atom. The first kappa shape index (κ1) is 23.9. The maximum atomic E-state index is 13.6. The van der Waals surface area contributed by atoms with E-state index >= 15 is 0 Å². The van der Waals surface area contributed by atoms with Gasteiger partial charge in [0.1, 0.15) is 18.4 Å². The van der Waals surface area contributed by atoms with Gasteiger partial charge < -0.3 is 0 Å². The van der Waals surface area contributed by atoms with Crippen LogP contribution in [0.4, 0.5) is 0 Å². The lowest BCUT2D eigenvalue weighted by molar-refractivity contribution is -0.128. The molecule has 0 saturated heterocycles. The van der Waals surface area contributed by atoms with Crippen molar-refractivity contribution in [2.24, 2.45) is 11.3 Å². The van der Waals surface area contributed by atoms with E-state index in [1.807, 2.05) is 19.9 Å². The molecule has 0 N–H and O–H groups in total. The van der Waals surface area contributed by atoms with Crippen molar-refractivity contribution in [3.05, 3.63) is 70.2 Å². The highest BCUT2D eigenvalue weighted by Crippen LogP contribution is 2.58. The van der Waals surface area contributed by atoms with Crippen molar-refractivity contribution in [3.8, 4) is 0 Å². The number of carbonyl (C=O) groups is 3. The van der Waals surface area contributed by atoms with E-state index in [1.165, 1.54) is 21.8 Å². The van der Waals surface area contributed by atoms with Gasteiger partial charge in [-0.05, 0) is 49.8 Å². The van der Waals surface area contributed by atoms with Crippen LogP contribution < -0.4 is 0 Å². The number of halogens is 2. The van der Waals surface area contributed by atoms with Crippen LogP contribution in [0.2, 0.25) is 10.0 Å². The molecule has 0 radical (unpaired) electrons. The molecule has 1 fully saturated rings. The molecule has 0 aliphatic heterocycles. The number of nitrogens with zero attached hydrogens (tertiary/aromatic N) is 4. The van der Waals surface area contributed by atoms with E-state index in [2.05, 4.69) is 9.97 Å². The number of imidazole rings is 2. The van der Waals surface area contributed by atoms with Gasteiger partial charge >= 0.3 is 0 Å². The smallest absolute Gasteiger partial charge is 0.239 e. The van der Waals surface area contributed by atoms with Gasteiger partial charge in [0.05, 0.1) is 11.3 Å². The fourth-order valence-corrected chi connectivity index (χ4v) is 7.38. The van der Waals surface area contributed by atoms with Crippen LogP contribution in [0.5, 0.6) is 0 Å². The Morgan fingerprint density at radius 2 is 1.74 bits per heavy atom. The fraction of sp³-hybridized carbons (Fsp3) is 0.423. The third kappa shape index (κ3) is 3.59. The summed E-state index contributed by atoms with van der Waals surface area (Å²) in [4.78, 5) is 47.6. The maximum Gasteiger partial charge on any atom is 0.239 e. The van der Waals surface area contributed by atoms with Crippen LogP contribution in [0.3, 0.4) is 0 Å². The van der Waals surface area contributed by atoms with Gasteiger partial charge in [0.2, 0.25) is 11.8 Å². The number of hydrogen-bond donors (Lipinski definition) is 0. The molecule has 3 aromatic rings. The summed E-state index contributed by atoms with van der Waals surface area (Å²) in [6.07, 6.45) is 11.1. The Kier molecular flexibility index (Phi) is 5.76. The first-order chi connectivity index (χ1) is 16.6. The summed E-state index contributed by atoms with van der Waals surface area (Å²) in [5.74, 6) is -0.944. The Hall–Kier alpha value is -2.77. The van der Waals surface area contributed by atoms with Crippen LogP contribution >= 0.6 is 23.2 Å². The third-order valence-corrected chi connectivity index (χ3v) is 8.85. The van der Waals surface area contributed by atoms with Crippen LogP contribution in [0.25, 0.3) is 0 Å². The molecule has 1 saturated carbocycles. The van der Waals surface area contributed by atoms with Gasteiger partial charge in [0.15, 0.2) is 0 Å². The maximum absolute atomic E-state index is 13.6. The van der Waals surface area contributed by atoms with Gasteiger partial charge in [-0.2, -0.15) is 0 Å². The second kappa shape index (κ2) is 8.42. The number of carbonyl (C=O) groups excluding carboxylic acids is 3. The average molecular weight is 513 g/mol. The molecule has 4 unspecified atom stereocenters. The zero-order valence-corrected chi connectivity index (χ0v) is 21.3. The summed E-state index contributed by atoms with van der Waals surface area (Å²) in [6, 6.07) is 1.86. The molecule has 35 heavy (non-hydrogen) atoms. The molecule has 7 nitrogen and oxygen atoms in total.